The van der Waals surface area contributed by atoms with Gasteiger partial charge in [0, 0.05) is 22.4 Å². The van der Waals surface area contributed by atoms with Crippen molar-refractivity contribution in [2.75, 3.05) is 5.73 Å². The third-order valence-electron chi connectivity index (χ3n) is 1.34. The molecular weight excluding hydrogens is 214 g/mol. The smallest absolute Gasteiger partial charge is 0.236 e. The Morgan fingerprint density at radius 3 is 2.46 bits per heavy atom. The van der Waals surface area contributed by atoms with Crippen molar-refractivity contribution in [2.24, 2.45) is 0 Å². The minimum atomic E-state index is -3.61. The standard InChI is InChI=1S/C7H8ClNO3S/c8-13(11,12)4-5-1-6(9)3-7(10)2-5/h1-3,10H,4,9H2. The van der Waals surface area contributed by atoms with Crippen molar-refractivity contribution < 1.29 is 13.5 Å². The predicted molar refractivity (Wildman–Crippen MR) is 51.0 cm³/mol. The minimum absolute atomic E-state index is 0.0738. The molecular formula is C7H8ClNO3S. The molecule has 0 spiro atoms. The quantitative estimate of drug-likeness (QED) is 0.578. The van der Waals surface area contributed by atoms with Crippen molar-refractivity contribution in [2.45, 2.75) is 5.75 Å². The first kappa shape index (κ1) is 10.1. The van der Waals surface area contributed by atoms with Crippen LogP contribution >= 0.6 is 10.7 Å². The molecule has 0 saturated carbocycles. The van der Waals surface area contributed by atoms with Crippen LogP contribution < -0.4 is 5.73 Å². The SMILES string of the molecule is Nc1cc(O)cc(CS(=O)(=O)Cl)c1. The summed E-state index contributed by atoms with van der Waals surface area (Å²) < 4.78 is 21.3. The third kappa shape index (κ3) is 3.52. The lowest BCUT2D eigenvalue weighted by atomic mass is 10.2. The fraction of sp³-hybridized carbons (Fsp3) is 0.143. The van der Waals surface area contributed by atoms with Gasteiger partial charge in [-0.25, -0.2) is 8.42 Å². The van der Waals surface area contributed by atoms with Gasteiger partial charge in [0.2, 0.25) is 9.05 Å². The van der Waals surface area contributed by atoms with Crippen molar-refractivity contribution >= 4 is 25.4 Å². The minimum Gasteiger partial charge on any atom is -0.508 e. The molecule has 0 amide bonds. The number of hydrogen-bond donors (Lipinski definition) is 2. The fourth-order valence-corrected chi connectivity index (χ4v) is 1.92. The van der Waals surface area contributed by atoms with Crippen LogP contribution in [0.1, 0.15) is 5.56 Å². The lowest BCUT2D eigenvalue weighted by molar-refractivity contribution is 0.475. The second-order valence-corrected chi connectivity index (χ2v) is 5.39. The highest BCUT2D eigenvalue weighted by Crippen LogP contribution is 2.19. The van der Waals surface area contributed by atoms with Crippen molar-refractivity contribution in [3.63, 3.8) is 0 Å². The van der Waals surface area contributed by atoms with E-state index >= 15 is 0 Å². The topological polar surface area (TPSA) is 80.4 Å². The zero-order valence-electron chi connectivity index (χ0n) is 6.57. The van der Waals surface area contributed by atoms with Crippen LogP contribution in [-0.4, -0.2) is 13.5 Å². The largest absolute Gasteiger partial charge is 0.508 e. The molecule has 1 aromatic rings. The first-order chi connectivity index (χ1) is 5.87. The zero-order valence-corrected chi connectivity index (χ0v) is 8.14. The maximum Gasteiger partial charge on any atom is 0.236 e. The molecule has 0 bridgehead atoms. The molecule has 0 saturated heterocycles. The van der Waals surface area contributed by atoms with Crippen molar-refractivity contribution in [1.82, 2.24) is 0 Å². The second-order valence-electron chi connectivity index (χ2n) is 2.62. The Hall–Kier alpha value is -0.940. The molecule has 1 aromatic carbocycles. The normalized spacial score (nSPS) is 11.5. The van der Waals surface area contributed by atoms with Crippen LogP contribution in [0.15, 0.2) is 18.2 Å². The Labute approximate surface area is 80.4 Å². The highest BCUT2D eigenvalue weighted by Gasteiger charge is 2.08. The van der Waals surface area contributed by atoms with Crippen LogP contribution in [0.25, 0.3) is 0 Å². The average molecular weight is 222 g/mol. The summed E-state index contributed by atoms with van der Waals surface area (Å²) in [5.41, 5.74) is 6.05. The number of hydrogen-bond acceptors (Lipinski definition) is 4. The molecule has 1 rings (SSSR count). The first-order valence-corrected chi connectivity index (χ1v) is 5.85. The van der Waals surface area contributed by atoms with Gasteiger partial charge in [0.15, 0.2) is 0 Å². The number of phenols is 1. The molecule has 0 aliphatic heterocycles. The van der Waals surface area contributed by atoms with Crippen LogP contribution in [0, 0.1) is 0 Å². The van der Waals surface area contributed by atoms with E-state index in [1.807, 2.05) is 0 Å². The number of rotatable bonds is 2. The molecule has 0 aromatic heterocycles. The number of nitrogen functional groups attached to an aromatic ring is 1. The van der Waals surface area contributed by atoms with E-state index in [-0.39, 0.29) is 11.5 Å². The summed E-state index contributed by atoms with van der Waals surface area (Å²) in [5, 5.41) is 9.07. The Balaban J connectivity index is 3.03. The molecule has 0 atom stereocenters. The fourth-order valence-electron chi connectivity index (χ4n) is 0.982. The van der Waals surface area contributed by atoms with Crippen molar-refractivity contribution in [1.29, 1.82) is 0 Å². The first-order valence-electron chi connectivity index (χ1n) is 3.37. The number of benzene rings is 1. The van der Waals surface area contributed by atoms with Crippen LogP contribution in [0.3, 0.4) is 0 Å². The maximum absolute atomic E-state index is 10.7. The highest BCUT2D eigenvalue weighted by molar-refractivity contribution is 8.13. The van der Waals surface area contributed by atoms with Crippen molar-refractivity contribution in [3.8, 4) is 5.75 Å². The molecule has 0 aliphatic carbocycles. The number of nitrogens with two attached hydrogens (primary N) is 1. The monoisotopic (exact) mass is 221 g/mol. The molecule has 0 heterocycles. The summed E-state index contributed by atoms with van der Waals surface area (Å²) in [6.07, 6.45) is 0. The number of anilines is 1. The summed E-state index contributed by atoms with van der Waals surface area (Å²) in [4.78, 5) is 0. The van der Waals surface area contributed by atoms with Crippen molar-refractivity contribution in [3.05, 3.63) is 23.8 Å². The Bertz CT molecular complexity index is 395. The van der Waals surface area contributed by atoms with E-state index in [9.17, 15) is 8.42 Å². The van der Waals surface area contributed by atoms with Crippen LogP contribution in [0.4, 0.5) is 5.69 Å². The van der Waals surface area contributed by atoms with Gasteiger partial charge in [-0.1, -0.05) is 0 Å². The molecule has 72 valence electrons. The summed E-state index contributed by atoms with van der Waals surface area (Å²) in [6, 6.07) is 4.07. The Kier molecular flexibility index (Phi) is 2.68. The van der Waals surface area contributed by atoms with Gasteiger partial charge in [-0.15, -0.1) is 0 Å². The molecule has 0 radical (unpaired) electrons. The zero-order chi connectivity index (χ0) is 10.1. The summed E-state index contributed by atoms with van der Waals surface area (Å²) in [6.45, 7) is 0. The molecule has 4 nitrogen and oxygen atoms in total. The van der Waals surface area contributed by atoms with Gasteiger partial charge in [-0.2, -0.15) is 0 Å². The average Bonchev–Trinajstić information content (AvgIpc) is 1.78. The third-order valence-corrected chi connectivity index (χ3v) is 2.34. The van der Waals surface area contributed by atoms with Crippen LogP contribution in [-0.2, 0) is 14.8 Å². The lowest BCUT2D eigenvalue weighted by Crippen LogP contribution is -1.96. The van der Waals surface area contributed by atoms with E-state index in [1.54, 1.807) is 0 Å². The van der Waals surface area contributed by atoms with Gasteiger partial charge in [0.05, 0.1) is 5.75 Å². The van der Waals surface area contributed by atoms with Gasteiger partial charge in [-0.05, 0) is 17.7 Å². The summed E-state index contributed by atoms with van der Waals surface area (Å²) in [7, 11) is 1.42. The molecule has 13 heavy (non-hydrogen) atoms. The van der Waals surface area contributed by atoms with Gasteiger partial charge >= 0.3 is 0 Å². The molecule has 0 fully saturated rings. The summed E-state index contributed by atoms with van der Waals surface area (Å²) in [5.74, 6) is -0.414. The van der Waals surface area contributed by atoms with Gasteiger partial charge < -0.3 is 10.8 Å². The Morgan fingerprint density at radius 2 is 2.00 bits per heavy atom. The van der Waals surface area contributed by atoms with Gasteiger partial charge in [0.25, 0.3) is 0 Å². The molecule has 6 heteroatoms. The predicted octanol–water partition coefficient (Wildman–Crippen LogP) is 1.04. The maximum atomic E-state index is 10.7. The van der Waals surface area contributed by atoms with E-state index < -0.39 is 9.05 Å². The molecule has 3 N–H and O–H groups in total. The van der Waals surface area contributed by atoms with Crippen LogP contribution in [0.2, 0.25) is 0 Å². The van der Waals surface area contributed by atoms with E-state index in [1.165, 1.54) is 18.2 Å². The lowest BCUT2D eigenvalue weighted by Gasteiger charge is -2.01. The van der Waals surface area contributed by atoms with Gasteiger partial charge in [-0.3, -0.25) is 0 Å². The summed E-state index contributed by atoms with van der Waals surface area (Å²) >= 11 is 0. The second kappa shape index (κ2) is 3.43. The number of phenolic OH excluding ortho intramolecular Hbond substituents is 1. The Morgan fingerprint density at radius 1 is 1.38 bits per heavy atom. The van der Waals surface area contributed by atoms with E-state index in [0.717, 1.165) is 0 Å². The number of aromatic hydroxyl groups is 1. The van der Waals surface area contributed by atoms with E-state index in [4.69, 9.17) is 21.5 Å². The van der Waals surface area contributed by atoms with E-state index in [0.29, 0.717) is 11.3 Å². The van der Waals surface area contributed by atoms with E-state index in [2.05, 4.69) is 0 Å². The van der Waals surface area contributed by atoms with Crippen LogP contribution in [0.5, 0.6) is 5.75 Å². The molecule has 0 aliphatic rings. The highest BCUT2D eigenvalue weighted by atomic mass is 35.7. The number of halogens is 1. The van der Waals surface area contributed by atoms with Gasteiger partial charge in [0.1, 0.15) is 5.75 Å². The molecule has 0 unspecified atom stereocenters.